The van der Waals surface area contributed by atoms with Crippen molar-refractivity contribution >= 4 is 23.1 Å². The van der Waals surface area contributed by atoms with Gasteiger partial charge in [-0.1, -0.05) is 37.8 Å². The molecule has 0 saturated heterocycles. The summed E-state index contributed by atoms with van der Waals surface area (Å²) in [6, 6.07) is 2.83. The largest absolute Gasteiger partial charge is 0.364 e. The Kier molecular flexibility index (Phi) is 4.24. The smallest absolute Gasteiger partial charge is 0.311 e. The number of halogens is 1. The number of pyridine rings is 1. The van der Waals surface area contributed by atoms with Crippen molar-refractivity contribution in [1.82, 2.24) is 4.98 Å². The van der Waals surface area contributed by atoms with E-state index in [2.05, 4.69) is 17.2 Å². The number of nitro groups is 1. The van der Waals surface area contributed by atoms with Crippen LogP contribution in [0.25, 0.3) is 0 Å². The van der Waals surface area contributed by atoms with Crippen LogP contribution in [0.3, 0.4) is 0 Å². The lowest BCUT2D eigenvalue weighted by Gasteiger charge is -2.33. The highest BCUT2D eigenvalue weighted by atomic mass is 35.5. The van der Waals surface area contributed by atoms with Gasteiger partial charge in [0.1, 0.15) is 5.15 Å². The fourth-order valence-electron chi connectivity index (χ4n) is 2.58. The van der Waals surface area contributed by atoms with Gasteiger partial charge in [-0.2, -0.15) is 0 Å². The standard InChI is InChI=1S/C13H18ClN3O2/c1-13(7-3-2-4-8-13)9-15-12-10(17(18)19)5-6-11(14)16-12/h5-6H,2-4,7-9H2,1H3,(H,15,16). The van der Waals surface area contributed by atoms with Crippen molar-refractivity contribution in [3.8, 4) is 0 Å². The van der Waals surface area contributed by atoms with Crippen molar-refractivity contribution in [2.75, 3.05) is 11.9 Å². The summed E-state index contributed by atoms with van der Waals surface area (Å²) in [5.41, 5.74) is 0.166. The quantitative estimate of drug-likeness (QED) is 0.515. The van der Waals surface area contributed by atoms with Crippen LogP contribution in [0.5, 0.6) is 0 Å². The molecule has 1 fully saturated rings. The van der Waals surface area contributed by atoms with Crippen LogP contribution in [-0.2, 0) is 0 Å². The van der Waals surface area contributed by atoms with Crippen LogP contribution in [0.4, 0.5) is 11.5 Å². The summed E-state index contributed by atoms with van der Waals surface area (Å²) < 4.78 is 0. The normalized spacial score (nSPS) is 18.0. The van der Waals surface area contributed by atoms with Crippen LogP contribution < -0.4 is 5.32 Å². The van der Waals surface area contributed by atoms with E-state index < -0.39 is 4.92 Å². The predicted molar refractivity (Wildman–Crippen MR) is 75.6 cm³/mol. The van der Waals surface area contributed by atoms with E-state index in [1.54, 1.807) is 0 Å². The number of nitrogens with one attached hydrogen (secondary N) is 1. The molecule has 1 aliphatic rings. The lowest BCUT2D eigenvalue weighted by Crippen LogP contribution is -2.29. The molecule has 0 radical (unpaired) electrons. The number of hydrogen-bond acceptors (Lipinski definition) is 4. The van der Waals surface area contributed by atoms with Gasteiger partial charge in [0.25, 0.3) is 0 Å². The van der Waals surface area contributed by atoms with Gasteiger partial charge >= 0.3 is 5.69 Å². The Labute approximate surface area is 117 Å². The number of hydrogen-bond donors (Lipinski definition) is 1. The Morgan fingerprint density at radius 2 is 2.11 bits per heavy atom. The maximum absolute atomic E-state index is 10.9. The first-order valence-corrected chi connectivity index (χ1v) is 6.93. The highest BCUT2D eigenvalue weighted by Gasteiger charge is 2.27. The van der Waals surface area contributed by atoms with E-state index in [0.29, 0.717) is 6.54 Å². The molecule has 1 aromatic heterocycles. The monoisotopic (exact) mass is 283 g/mol. The molecule has 2 rings (SSSR count). The van der Waals surface area contributed by atoms with Crippen LogP contribution in [0.2, 0.25) is 5.15 Å². The minimum atomic E-state index is -0.436. The molecule has 1 aliphatic carbocycles. The molecule has 1 heterocycles. The van der Waals surface area contributed by atoms with Gasteiger partial charge < -0.3 is 5.32 Å². The summed E-state index contributed by atoms with van der Waals surface area (Å²) in [6.45, 7) is 2.91. The molecule has 0 bridgehead atoms. The van der Waals surface area contributed by atoms with Crippen molar-refractivity contribution in [2.45, 2.75) is 39.0 Å². The zero-order valence-corrected chi connectivity index (χ0v) is 11.7. The van der Waals surface area contributed by atoms with Crippen molar-refractivity contribution in [2.24, 2.45) is 5.41 Å². The lowest BCUT2D eigenvalue weighted by molar-refractivity contribution is -0.384. The molecule has 19 heavy (non-hydrogen) atoms. The highest BCUT2D eigenvalue weighted by Crippen LogP contribution is 2.36. The second-order valence-electron chi connectivity index (χ2n) is 5.48. The molecule has 1 saturated carbocycles. The molecule has 0 atom stereocenters. The van der Waals surface area contributed by atoms with Crippen LogP contribution in [0.1, 0.15) is 39.0 Å². The number of rotatable bonds is 4. The third kappa shape index (κ3) is 3.56. The first kappa shape index (κ1) is 14.1. The van der Waals surface area contributed by atoms with Crippen LogP contribution in [-0.4, -0.2) is 16.5 Å². The zero-order chi connectivity index (χ0) is 13.9. The average Bonchev–Trinajstić information content (AvgIpc) is 2.37. The Bertz CT molecular complexity index is 473. The average molecular weight is 284 g/mol. The third-order valence-corrected chi connectivity index (χ3v) is 3.99. The second-order valence-corrected chi connectivity index (χ2v) is 5.87. The van der Waals surface area contributed by atoms with Gasteiger partial charge in [-0.15, -0.1) is 0 Å². The van der Waals surface area contributed by atoms with Gasteiger partial charge in [0.2, 0.25) is 5.82 Å². The van der Waals surface area contributed by atoms with Crippen molar-refractivity contribution in [3.63, 3.8) is 0 Å². The molecule has 0 unspecified atom stereocenters. The number of nitrogens with zero attached hydrogens (tertiary/aromatic N) is 2. The number of anilines is 1. The summed E-state index contributed by atoms with van der Waals surface area (Å²) in [4.78, 5) is 14.5. The summed E-state index contributed by atoms with van der Waals surface area (Å²) in [5, 5.41) is 14.3. The van der Waals surface area contributed by atoms with E-state index in [4.69, 9.17) is 11.6 Å². The summed E-state index contributed by atoms with van der Waals surface area (Å²) >= 11 is 5.80. The van der Waals surface area contributed by atoms with Crippen molar-refractivity contribution in [3.05, 3.63) is 27.4 Å². The Hall–Kier alpha value is -1.36. The first-order valence-electron chi connectivity index (χ1n) is 6.55. The second kappa shape index (κ2) is 5.74. The molecule has 1 aromatic rings. The first-order chi connectivity index (χ1) is 9.00. The van der Waals surface area contributed by atoms with Gasteiger partial charge in [-0.05, 0) is 24.3 Å². The Morgan fingerprint density at radius 3 is 2.74 bits per heavy atom. The number of aromatic nitrogens is 1. The Balaban J connectivity index is 2.10. The summed E-state index contributed by atoms with van der Waals surface area (Å²) in [7, 11) is 0. The van der Waals surface area contributed by atoms with Gasteiger partial charge in [0.15, 0.2) is 0 Å². The van der Waals surface area contributed by atoms with Gasteiger partial charge in [-0.3, -0.25) is 10.1 Å². The third-order valence-electron chi connectivity index (χ3n) is 3.78. The molecule has 6 heteroatoms. The molecule has 0 amide bonds. The lowest BCUT2D eigenvalue weighted by atomic mass is 9.76. The van der Waals surface area contributed by atoms with Gasteiger partial charge in [0.05, 0.1) is 4.92 Å². The topological polar surface area (TPSA) is 68.1 Å². The predicted octanol–water partition coefficient (Wildman–Crippen LogP) is 4.03. The molecule has 0 aliphatic heterocycles. The van der Waals surface area contributed by atoms with Crippen LogP contribution in [0.15, 0.2) is 12.1 Å². The fourth-order valence-corrected chi connectivity index (χ4v) is 2.73. The maximum atomic E-state index is 10.9. The maximum Gasteiger partial charge on any atom is 0.311 e. The van der Waals surface area contributed by atoms with E-state index in [0.717, 1.165) is 12.8 Å². The Morgan fingerprint density at radius 1 is 1.42 bits per heavy atom. The summed E-state index contributed by atoms with van der Waals surface area (Å²) in [5.74, 6) is 0.268. The van der Waals surface area contributed by atoms with E-state index in [-0.39, 0.29) is 22.1 Å². The SMILES string of the molecule is CC1(CNc2nc(Cl)ccc2[N+](=O)[O-])CCCCC1. The zero-order valence-electron chi connectivity index (χ0n) is 11.0. The van der Waals surface area contributed by atoms with E-state index in [1.165, 1.54) is 31.4 Å². The van der Waals surface area contributed by atoms with E-state index in [9.17, 15) is 10.1 Å². The molecule has 104 valence electrons. The molecule has 1 N–H and O–H groups in total. The molecule has 5 nitrogen and oxygen atoms in total. The fraction of sp³-hybridized carbons (Fsp3) is 0.615. The highest BCUT2D eigenvalue weighted by molar-refractivity contribution is 6.29. The van der Waals surface area contributed by atoms with Gasteiger partial charge in [0, 0.05) is 12.6 Å². The molecular weight excluding hydrogens is 266 g/mol. The minimum Gasteiger partial charge on any atom is -0.364 e. The van der Waals surface area contributed by atoms with Crippen LogP contribution in [0, 0.1) is 15.5 Å². The summed E-state index contributed by atoms with van der Waals surface area (Å²) in [6.07, 6.45) is 6.03. The van der Waals surface area contributed by atoms with Gasteiger partial charge in [-0.25, -0.2) is 4.98 Å². The van der Waals surface area contributed by atoms with Crippen molar-refractivity contribution < 1.29 is 4.92 Å². The molecule has 0 spiro atoms. The van der Waals surface area contributed by atoms with Crippen molar-refractivity contribution in [1.29, 1.82) is 0 Å². The van der Waals surface area contributed by atoms with E-state index in [1.807, 2.05) is 0 Å². The minimum absolute atomic E-state index is 0.0243. The molecular formula is C13H18ClN3O2. The van der Waals surface area contributed by atoms with Crippen LogP contribution >= 0.6 is 11.6 Å². The molecule has 0 aromatic carbocycles. The van der Waals surface area contributed by atoms with E-state index >= 15 is 0 Å².